The van der Waals surface area contributed by atoms with Crippen LogP contribution in [-0.4, -0.2) is 33.4 Å². The molecule has 2 rings (SSSR count). The molecule has 0 aliphatic heterocycles. The maximum atomic E-state index is 12.8. The Kier molecular flexibility index (Phi) is 6.59. The quantitative estimate of drug-likeness (QED) is 0.682. The number of benzene rings is 2. The number of hydrogen-bond acceptors (Lipinski definition) is 6. The van der Waals surface area contributed by atoms with E-state index in [1.807, 2.05) is 10.8 Å². The van der Waals surface area contributed by atoms with Gasteiger partial charge in [-0.25, -0.2) is 12.8 Å². The predicted molar refractivity (Wildman–Crippen MR) is 92.3 cm³/mol. The standard InChI is InChI=1S/C17H14FN3O5S/c18-13-4-6-15(7-5-13)27(24,25)20-10-17(23)26-11-16(22)21-14-3-1-2-12(8-14)9-19/h1-8,20H,10-11H2,(H,21,22). The molecule has 0 saturated heterocycles. The smallest absolute Gasteiger partial charge is 0.321 e. The number of halogens is 1. The minimum Gasteiger partial charge on any atom is -0.455 e. The minimum absolute atomic E-state index is 0.216. The summed E-state index contributed by atoms with van der Waals surface area (Å²) in [6.45, 7) is -1.33. The Bertz CT molecular complexity index is 984. The molecule has 0 aliphatic rings. The van der Waals surface area contributed by atoms with Gasteiger partial charge in [-0.15, -0.1) is 0 Å². The van der Waals surface area contributed by atoms with E-state index in [1.54, 1.807) is 18.2 Å². The lowest BCUT2D eigenvalue weighted by molar-refractivity contribution is -0.146. The van der Waals surface area contributed by atoms with Crippen LogP contribution in [0.4, 0.5) is 10.1 Å². The Morgan fingerprint density at radius 1 is 1.15 bits per heavy atom. The summed E-state index contributed by atoms with van der Waals surface area (Å²) < 4.78 is 43.4. The molecule has 0 saturated carbocycles. The molecule has 0 bridgehead atoms. The Morgan fingerprint density at radius 3 is 2.52 bits per heavy atom. The Morgan fingerprint density at radius 2 is 1.85 bits per heavy atom. The van der Waals surface area contributed by atoms with E-state index >= 15 is 0 Å². The van der Waals surface area contributed by atoms with Crippen LogP contribution in [0.25, 0.3) is 0 Å². The molecule has 27 heavy (non-hydrogen) atoms. The van der Waals surface area contributed by atoms with Crippen molar-refractivity contribution in [2.45, 2.75) is 4.90 Å². The number of nitriles is 1. The molecule has 10 heteroatoms. The zero-order chi connectivity index (χ0) is 19.9. The van der Waals surface area contributed by atoms with Crippen LogP contribution in [0.5, 0.6) is 0 Å². The summed E-state index contributed by atoms with van der Waals surface area (Å²) >= 11 is 0. The number of esters is 1. The first-order valence-electron chi connectivity index (χ1n) is 7.51. The lowest BCUT2D eigenvalue weighted by Crippen LogP contribution is -2.32. The highest BCUT2D eigenvalue weighted by molar-refractivity contribution is 7.89. The Hall–Kier alpha value is -3.29. The molecular formula is C17H14FN3O5S. The average molecular weight is 391 g/mol. The molecule has 0 aliphatic carbocycles. The third-order valence-electron chi connectivity index (χ3n) is 3.17. The van der Waals surface area contributed by atoms with Crippen molar-refractivity contribution in [3.05, 3.63) is 59.9 Å². The fraction of sp³-hybridized carbons (Fsp3) is 0.118. The van der Waals surface area contributed by atoms with Crippen LogP contribution in [0.1, 0.15) is 5.56 Å². The van der Waals surface area contributed by atoms with Crippen LogP contribution in [0, 0.1) is 17.1 Å². The minimum atomic E-state index is -4.02. The first-order chi connectivity index (χ1) is 12.8. The molecule has 0 spiro atoms. The van der Waals surface area contributed by atoms with Gasteiger partial charge < -0.3 is 10.1 Å². The van der Waals surface area contributed by atoms with Crippen LogP contribution in [0.2, 0.25) is 0 Å². The third-order valence-corrected chi connectivity index (χ3v) is 4.59. The van der Waals surface area contributed by atoms with Gasteiger partial charge in [-0.1, -0.05) is 6.07 Å². The van der Waals surface area contributed by atoms with Crippen molar-refractivity contribution in [3.63, 3.8) is 0 Å². The molecule has 0 radical (unpaired) electrons. The van der Waals surface area contributed by atoms with Crippen LogP contribution in [0.15, 0.2) is 53.4 Å². The maximum absolute atomic E-state index is 12.8. The van der Waals surface area contributed by atoms with Gasteiger partial charge in [0.25, 0.3) is 5.91 Å². The first kappa shape index (κ1) is 20.0. The first-order valence-corrected chi connectivity index (χ1v) is 8.99. The fourth-order valence-electron chi connectivity index (χ4n) is 1.91. The summed E-state index contributed by atoms with van der Waals surface area (Å²) in [5.41, 5.74) is 0.701. The van der Waals surface area contributed by atoms with Crippen LogP contribution in [0.3, 0.4) is 0 Å². The van der Waals surface area contributed by atoms with Gasteiger partial charge in [-0.05, 0) is 42.5 Å². The molecule has 0 fully saturated rings. The Labute approximate surface area is 154 Å². The van der Waals surface area contributed by atoms with Crippen LogP contribution >= 0.6 is 0 Å². The van der Waals surface area contributed by atoms with Crippen molar-refractivity contribution in [2.75, 3.05) is 18.5 Å². The van der Waals surface area contributed by atoms with Crippen LogP contribution in [-0.2, 0) is 24.3 Å². The number of ether oxygens (including phenoxy) is 1. The molecule has 140 valence electrons. The van der Waals surface area contributed by atoms with Gasteiger partial charge >= 0.3 is 5.97 Å². The summed E-state index contributed by atoms with van der Waals surface area (Å²) in [4.78, 5) is 23.1. The molecule has 1 amide bonds. The van der Waals surface area contributed by atoms with Crippen molar-refractivity contribution < 1.29 is 27.1 Å². The monoisotopic (exact) mass is 391 g/mol. The summed E-state index contributed by atoms with van der Waals surface area (Å²) in [5.74, 6) is -2.22. The average Bonchev–Trinajstić information content (AvgIpc) is 2.65. The molecule has 0 heterocycles. The van der Waals surface area contributed by atoms with Gasteiger partial charge in [0.05, 0.1) is 16.5 Å². The summed E-state index contributed by atoms with van der Waals surface area (Å²) in [6, 6.07) is 12.1. The zero-order valence-electron chi connectivity index (χ0n) is 13.8. The van der Waals surface area contributed by atoms with E-state index in [2.05, 4.69) is 10.1 Å². The van der Waals surface area contributed by atoms with Gasteiger partial charge in [-0.3, -0.25) is 9.59 Å². The van der Waals surface area contributed by atoms with E-state index < -0.39 is 40.9 Å². The van der Waals surface area contributed by atoms with Gasteiger partial charge in [0, 0.05) is 5.69 Å². The van der Waals surface area contributed by atoms with Gasteiger partial charge in [0.1, 0.15) is 12.4 Å². The third kappa shape index (κ3) is 6.18. The molecule has 0 atom stereocenters. The molecule has 2 N–H and O–H groups in total. The van der Waals surface area contributed by atoms with Crippen molar-refractivity contribution in [1.29, 1.82) is 5.26 Å². The lowest BCUT2D eigenvalue weighted by Gasteiger charge is -2.08. The number of hydrogen-bond donors (Lipinski definition) is 2. The number of carbonyl (C=O) groups is 2. The van der Waals surface area contributed by atoms with E-state index in [0.29, 0.717) is 11.3 Å². The molecule has 2 aromatic carbocycles. The second-order valence-corrected chi connectivity index (χ2v) is 6.95. The SMILES string of the molecule is N#Cc1cccc(NC(=O)COC(=O)CNS(=O)(=O)c2ccc(F)cc2)c1. The normalized spacial score (nSPS) is 10.7. The number of nitrogens with zero attached hydrogens (tertiary/aromatic N) is 1. The largest absolute Gasteiger partial charge is 0.455 e. The van der Waals surface area contributed by atoms with E-state index in [9.17, 15) is 22.4 Å². The topological polar surface area (TPSA) is 125 Å². The van der Waals surface area contributed by atoms with Crippen molar-refractivity contribution in [3.8, 4) is 6.07 Å². The number of amides is 1. The lowest BCUT2D eigenvalue weighted by atomic mass is 10.2. The summed E-state index contributed by atoms with van der Waals surface area (Å²) in [6.07, 6.45) is 0. The second-order valence-electron chi connectivity index (χ2n) is 5.18. The Balaban J connectivity index is 1.81. The highest BCUT2D eigenvalue weighted by atomic mass is 32.2. The summed E-state index contributed by atoms with van der Waals surface area (Å²) in [7, 11) is -4.02. The van der Waals surface area contributed by atoms with E-state index in [0.717, 1.165) is 24.3 Å². The van der Waals surface area contributed by atoms with Crippen molar-refractivity contribution >= 4 is 27.6 Å². The highest BCUT2D eigenvalue weighted by Gasteiger charge is 2.16. The maximum Gasteiger partial charge on any atom is 0.321 e. The second kappa shape index (κ2) is 8.88. The molecule has 0 aromatic heterocycles. The number of carbonyl (C=O) groups excluding carboxylic acids is 2. The van der Waals surface area contributed by atoms with Gasteiger partial charge in [0.2, 0.25) is 10.0 Å². The predicted octanol–water partition coefficient (Wildman–Crippen LogP) is 1.16. The van der Waals surface area contributed by atoms with E-state index in [1.165, 1.54) is 6.07 Å². The van der Waals surface area contributed by atoms with Crippen LogP contribution < -0.4 is 10.0 Å². The van der Waals surface area contributed by atoms with Gasteiger partial charge in [0.15, 0.2) is 6.61 Å². The van der Waals surface area contributed by atoms with E-state index in [4.69, 9.17) is 5.26 Å². The molecule has 2 aromatic rings. The van der Waals surface area contributed by atoms with Crippen molar-refractivity contribution in [2.24, 2.45) is 0 Å². The fourth-order valence-corrected chi connectivity index (χ4v) is 2.88. The van der Waals surface area contributed by atoms with Crippen molar-refractivity contribution in [1.82, 2.24) is 4.72 Å². The number of sulfonamides is 1. The molecule has 0 unspecified atom stereocenters. The molecule has 8 nitrogen and oxygen atoms in total. The highest BCUT2D eigenvalue weighted by Crippen LogP contribution is 2.10. The number of nitrogens with one attached hydrogen (secondary N) is 2. The molecular weight excluding hydrogens is 377 g/mol. The number of rotatable bonds is 7. The number of anilines is 1. The summed E-state index contributed by atoms with van der Waals surface area (Å²) in [5, 5.41) is 11.2. The van der Waals surface area contributed by atoms with E-state index in [-0.39, 0.29) is 4.90 Å². The van der Waals surface area contributed by atoms with Gasteiger partial charge in [-0.2, -0.15) is 9.98 Å². The zero-order valence-corrected chi connectivity index (χ0v) is 14.6.